The highest BCUT2D eigenvalue weighted by atomic mass is 19.4. The third-order valence-corrected chi connectivity index (χ3v) is 4.83. The van der Waals surface area contributed by atoms with Gasteiger partial charge in [-0.1, -0.05) is 18.2 Å². The van der Waals surface area contributed by atoms with Crippen molar-refractivity contribution < 1.29 is 18.0 Å². The molecule has 0 saturated carbocycles. The highest BCUT2D eigenvalue weighted by molar-refractivity contribution is 5.84. The first-order valence-electron chi connectivity index (χ1n) is 8.89. The van der Waals surface area contributed by atoms with Gasteiger partial charge in [0.15, 0.2) is 0 Å². The molecule has 2 aromatic heterocycles. The molecule has 7 nitrogen and oxygen atoms in total. The lowest BCUT2D eigenvalue weighted by molar-refractivity contribution is -0.137. The SMILES string of the molecule is O=C(N1CCN(c2ccc(C(F)(F)F)cn2)CC1)n1ncc2ccccc2c1=O. The number of halogens is 3. The molecule has 1 aromatic carbocycles. The molecule has 29 heavy (non-hydrogen) atoms. The number of aromatic nitrogens is 3. The van der Waals surface area contributed by atoms with Crippen molar-refractivity contribution in [3.8, 4) is 0 Å². The van der Waals surface area contributed by atoms with Crippen LogP contribution in [0, 0.1) is 0 Å². The molecule has 0 N–H and O–H groups in total. The van der Waals surface area contributed by atoms with Crippen LogP contribution >= 0.6 is 0 Å². The Morgan fingerprint density at radius 2 is 1.69 bits per heavy atom. The summed E-state index contributed by atoms with van der Waals surface area (Å²) in [5.41, 5.74) is -1.29. The van der Waals surface area contributed by atoms with Crippen molar-refractivity contribution in [3.05, 3.63) is 64.7 Å². The van der Waals surface area contributed by atoms with Gasteiger partial charge in [0.25, 0.3) is 5.56 Å². The van der Waals surface area contributed by atoms with E-state index in [1.54, 1.807) is 29.2 Å². The number of anilines is 1. The topological polar surface area (TPSA) is 71.3 Å². The molecule has 4 rings (SSSR count). The molecule has 1 amide bonds. The summed E-state index contributed by atoms with van der Waals surface area (Å²) in [7, 11) is 0. The number of fused-ring (bicyclic) bond motifs is 1. The van der Waals surface area contributed by atoms with E-state index in [1.807, 2.05) is 0 Å². The molecule has 0 unspecified atom stereocenters. The number of pyridine rings is 1. The van der Waals surface area contributed by atoms with Crippen LogP contribution in [0.25, 0.3) is 10.8 Å². The van der Waals surface area contributed by atoms with E-state index in [2.05, 4.69) is 10.1 Å². The Balaban J connectivity index is 1.46. The Morgan fingerprint density at radius 3 is 2.34 bits per heavy atom. The summed E-state index contributed by atoms with van der Waals surface area (Å²) in [6.07, 6.45) is -2.17. The fourth-order valence-corrected chi connectivity index (χ4v) is 3.23. The summed E-state index contributed by atoms with van der Waals surface area (Å²) in [6.45, 7) is 1.35. The Bertz CT molecular complexity index is 1100. The van der Waals surface area contributed by atoms with E-state index >= 15 is 0 Å². The minimum Gasteiger partial charge on any atom is -0.353 e. The van der Waals surface area contributed by atoms with E-state index in [-0.39, 0.29) is 0 Å². The molecule has 3 heterocycles. The first-order chi connectivity index (χ1) is 13.8. The van der Waals surface area contributed by atoms with Gasteiger partial charge in [0.05, 0.1) is 17.1 Å². The third kappa shape index (κ3) is 3.65. The average Bonchev–Trinajstić information content (AvgIpc) is 2.73. The van der Waals surface area contributed by atoms with Gasteiger partial charge in [-0.25, -0.2) is 9.78 Å². The van der Waals surface area contributed by atoms with E-state index in [0.29, 0.717) is 42.8 Å². The Morgan fingerprint density at radius 1 is 0.966 bits per heavy atom. The molecule has 0 bridgehead atoms. The summed E-state index contributed by atoms with van der Waals surface area (Å²) < 4.78 is 38.8. The molecular formula is C19H16F3N5O2. The number of rotatable bonds is 1. The van der Waals surface area contributed by atoms with Crippen molar-refractivity contribution in [2.24, 2.45) is 0 Å². The van der Waals surface area contributed by atoms with Gasteiger partial charge in [0.2, 0.25) is 0 Å². The van der Waals surface area contributed by atoms with Gasteiger partial charge >= 0.3 is 12.2 Å². The molecule has 0 aliphatic carbocycles. The van der Waals surface area contributed by atoms with Crippen molar-refractivity contribution in [2.75, 3.05) is 31.1 Å². The van der Waals surface area contributed by atoms with Crippen LogP contribution in [0.15, 0.2) is 53.6 Å². The number of alkyl halides is 3. The lowest BCUT2D eigenvalue weighted by Crippen LogP contribution is -2.52. The van der Waals surface area contributed by atoms with Crippen molar-refractivity contribution in [1.82, 2.24) is 19.7 Å². The smallest absolute Gasteiger partial charge is 0.353 e. The van der Waals surface area contributed by atoms with Crippen molar-refractivity contribution in [1.29, 1.82) is 0 Å². The molecule has 1 fully saturated rings. The van der Waals surface area contributed by atoms with Crippen LogP contribution in [0.2, 0.25) is 0 Å². The van der Waals surface area contributed by atoms with Crippen LogP contribution in [0.5, 0.6) is 0 Å². The fraction of sp³-hybridized carbons (Fsp3) is 0.263. The molecule has 10 heteroatoms. The molecule has 1 aliphatic rings. The van der Waals surface area contributed by atoms with Gasteiger partial charge < -0.3 is 9.80 Å². The van der Waals surface area contributed by atoms with E-state index in [0.717, 1.165) is 16.9 Å². The summed E-state index contributed by atoms with van der Waals surface area (Å²) in [4.78, 5) is 32.4. The predicted octanol–water partition coefficient (Wildman–Crippen LogP) is 2.60. The van der Waals surface area contributed by atoms with Crippen LogP contribution in [-0.2, 0) is 6.18 Å². The van der Waals surface area contributed by atoms with Gasteiger partial charge in [-0.15, -0.1) is 4.68 Å². The zero-order valence-corrected chi connectivity index (χ0v) is 15.1. The van der Waals surface area contributed by atoms with E-state index < -0.39 is 23.3 Å². The average molecular weight is 403 g/mol. The van der Waals surface area contributed by atoms with Crippen LogP contribution in [0.1, 0.15) is 5.56 Å². The summed E-state index contributed by atoms with van der Waals surface area (Å²) in [5, 5.41) is 5.03. The number of hydrogen-bond acceptors (Lipinski definition) is 5. The Hall–Kier alpha value is -3.43. The van der Waals surface area contributed by atoms with Crippen LogP contribution in [0.4, 0.5) is 23.8 Å². The molecule has 3 aromatic rings. The van der Waals surface area contributed by atoms with Crippen LogP contribution < -0.4 is 10.5 Å². The lowest BCUT2D eigenvalue weighted by Gasteiger charge is -2.35. The fourth-order valence-electron chi connectivity index (χ4n) is 3.23. The quantitative estimate of drug-likeness (QED) is 0.625. The first kappa shape index (κ1) is 18.9. The maximum atomic E-state index is 12.7. The predicted molar refractivity (Wildman–Crippen MR) is 99.8 cm³/mol. The van der Waals surface area contributed by atoms with Gasteiger partial charge in [-0.05, 0) is 18.2 Å². The molecule has 0 spiro atoms. The van der Waals surface area contributed by atoms with Gasteiger partial charge in [-0.3, -0.25) is 4.79 Å². The van der Waals surface area contributed by atoms with Crippen LogP contribution in [-0.4, -0.2) is 51.9 Å². The Kier molecular flexibility index (Phi) is 4.69. The number of nitrogens with zero attached hydrogens (tertiary/aromatic N) is 5. The molecule has 0 atom stereocenters. The highest BCUT2D eigenvalue weighted by Gasteiger charge is 2.31. The minimum absolute atomic E-state index is 0.294. The largest absolute Gasteiger partial charge is 0.417 e. The van der Waals surface area contributed by atoms with Crippen molar-refractivity contribution >= 4 is 22.6 Å². The molecule has 0 radical (unpaired) electrons. The van der Waals surface area contributed by atoms with E-state index in [9.17, 15) is 22.8 Å². The van der Waals surface area contributed by atoms with E-state index in [4.69, 9.17) is 0 Å². The third-order valence-electron chi connectivity index (χ3n) is 4.83. The second kappa shape index (κ2) is 7.19. The highest BCUT2D eigenvalue weighted by Crippen LogP contribution is 2.29. The number of hydrogen-bond donors (Lipinski definition) is 0. The van der Waals surface area contributed by atoms with Crippen molar-refractivity contribution in [2.45, 2.75) is 6.18 Å². The maximum Gasteiger partial charge on any atom is 0.417 e. The molecule has 150 valence electrons. The zero-order valence-electron chi connectivity index (χ0n) is 15.1. The lowest BCUT2D eigenvalue weighted by atomic mass is 10.2. The van der Waals surface area contributed by atoms with Gasteiger partial charge in [-0.2, -0.15) is 18.3 Å². The summed E-state index contributed by atoms with van der Waals surface area (Å²) >= 11 is 0. The summed E-state index contributed by atoms with van der Waals surface area (Å²) in [5.74, 6) is 0.408. The number of carbonyl (C=O) groups excluding carboxylic acids is 1. The molecule has 1 aliphatic heterocycles. The van der Waals surface area contributed by atoms with Crippen LogP contribution in [0.3, 0.4) is 0 Å². The number of benzene rings is 1. The summed E-state index contributed by atoms with van der Waals surface area (Å²) in [6, 6.07) is 8.65. The number of amides is 1. The van der Waals surface area contributed by atoms with E-state index in [1.165, 1.54) is 17.2 Å². The maximum absolute atomic E-state index is 12.7. The molecular weight excluding hydrogens is 387 g/mol. The zero-order chi connectivity index (χ0) is 20.6. The first-order valence-corrected chi connectivity index (χ1v) is 8.89. The monoisotopic (exact) mass is 403 g/mol. The van der Waals surface area contributed by atoms with Gasteiger partial charge in [0, 0.05) is 37.8 Å². The minimum atomic E-state index is -4.43. The molecule has 1 saturated heterocycles. The van der Waals surface area contributed by atoms with Gasteiger partial charge in [0.1, 0.15) is 5.82 Å². The number of piperazine rings is 1. The number of carbonyl (C=O) groups is 1. The second-order valence-corrected chi connectivity index (χ2v) is 6.61. The second-order valence-electron chi connectivity index (χ2n) is 6.61. The van der Waals surface area contributed by atoms with Crippen molar-refractivity contribution in [3.63, 3.8) is 0 Å². The Labute approximate surface area is 163 Å². The normalized spacial score (nSPS) is 15.0. The standard InChI is InChI=1S/C19H16F3N5O2/c20-19(21,22)14-5-6-16(23-12-14)25-7-9-26(10-8-25)18(29)27-17(28)15-4-2-1-3-13(15)11-24-27/h1-6,11-12H,7-10H2.